The summed E-state index contributed by atoms with van der Waals surface area (Å²) < 4.78 is 36.4. The highest BCUT2D eigenvalue weighted by Crippen LogP contribution is 2.45. The number of cyclic esters (lactones) is 1. The van der Waals surface area contributed by atoms with Crippen molar-refractivity contribution in [1.29, 1.82) is 0 Å². The van der Waals surface area contributed by atoms with Crippen LogP contribution in [-0.2, 0) is 52.4 Å². The summed E-state index contributed by atoms with van der Waals surface area (Å²) in [6, 6.07) is -0.244. The van der Waals surface area contributed by atoms with Crippen LogP contribution in [0, 0.1) is 23.7 Å². The van der Waals surface area contributed by atoms with Crippen LogP contribution >= 0.6 is 0 Å². The molecule has 0 aliphatic carbocycles. The van der Waals surface area contributed by atoms with Gasteiger partial charge in [-0.15, -0.1) is 0 Å². The Morgan fingerprint density at radius 1 is 1.02 bits per heavy atom. The topological polar surface area (TPSA) is 147 Å². The zero-order chi connectivity index (χ0) is 35.2. The van der Waals surface area contributed by atoms with Gasteiger partial charge in [-0.2, -0.15) is 0 Å². The van der Waals surface area contributed by atoms with E-state index in [4.69, 9.17) is 28.4 Å². The number of allylic oxidation sites excluding steroid dienone is 1. The first-order chi connectivity index (χ1) is 22.0. The van der Waals surface area contributed by atoms with Gasteiger partial charge in [0, 0.05) is 38.0 Å². The van der Waals surface area contributed by atoms with Crippen molar-refractivity contribution in [3.05, 3.63) is 12.2 Å². The Balaban J connectivity index is 2.10. The molecule has 3 aliphatic heterocycles. The number of ketones is 1. The number of hydrogen-bond donors (Lipinski definition) is 0. The van der Waals surface area contributed by atoms with Gasteiger partial charge in [0.05, 0.1) is 30.8 Å². The van der Waals surface area contributed by atoms with Gasteiger partial charge in [-0.3, -0.25) is 19.2 Å². The summed E-state index contributed by atoms with van der Waals surface area (Å²) in [5, 5.41) is 0. The first kappa shape index (κ1) is 38.8. The molecule has 0 amide bonds. The van der Waals surface area contributed by atoms with Gasteiger partial charge in [-0.1, -0.05) is 27.7 Å². The third-order valence-electron chi connectivity index (χ3n) is 9.86. The van der Waals surface area contributed by atoms with Gasteiger partial charge in [-0.25, -0.2) is 0 Å². The van der Waals surface area contributed by atoms with Crippen LogP contribution in [0.15, 0.2) is 12.2 Å². The molecule has 0 bridgehead atoms. The third kappa shape index (κ3) is 10.2. The second kappa shape index (κ2) is 16.6. The molecular formula is C35H55NO11. The van der Waals surface area contributed by atoms with Crippen molar-refractivity contribution in [3.8, 4) is 0 Å². The van der Waals surface area contributed by atoms with Crippen molar-refractivity contribution in [2.24, 2.45) is 23.7 Å². The molecule has 2 saturated heterocycles. The van der Waals surface area contributed by atoms with Gasteiger partial charge < -0.3 is 38.1 Å². The van der Waals surface area contributed by atoms with Crippen LogP contribution in [0.5, 0.6) is 0 Å². The number of hydrogen-bond acceptors (Lipinski definition) is 12. The number of esters is 3. The smallest absolute Gasteiger partial charge is 0.309 e. The number of fused-ring (bicyclic) bond motifs is 1. The summed E-state index contributed by atoms with van der Waals surface area (Å²) in [6.07, 6.45) is 0.457. The van der Waals surface area contributed by atoms with Gasteiger partial charge >= 0.3 is 17.9 Å². The second-order valence-electron chi connectivity index (χ2n) is 14.0. The zero-order valence-corrected chi connectivity index (χ0v) is 29.6. The van der Waals surface area contributed by atoms with E-state index in [2.05, 4.69) is 0 Å². The summed E-state index contributed by atoms with van der Waals surface area (Å²) in [5.41, 5.74) is -0.682. The molecule has 3 heterocycles. The molecule has 0 spiro atoms. The summed E-state index contributed by atoms with van der Waals surface area (Å²) in [5.74, 6) is -3.69. The van der Waals surface area contributed by atoms with Crippen molar-refractivity contribution < 1.29 is 52.4 Å². The Morgan fingerprint density at radius 2 is 1.68 bits per heavy atom. The van der Waals surface area contributed by atoms with Crippen LogP contribution in [0.4, 0.5) is 0 Å². The maximum absolute atomic E-state index is 13.5. The van der Waals surface area contributed by atoms with Gasteiger partial charge in [0.25, 0.3) is 0 Å². The molecule has 266 valence electrons. The molecule has 12 heteroatoms. The molecule has 3 rings (SSSR count). The Hall–Kier alpha value is -2.67. The summed E-state index contributed by atoms with van der Waals surface area (Å²) in [4.78, 5) is 65.6. The fraction of sp³-hybridized carbons (Fsp3) is 0.800. The van der Waals surface area contributed by atoms with Crippen molar-refractivity contribution in [3.63, 3.8) is 0 Å². The highest BCUT2D eigenvalue weighted by atomic mass is 16.7. The van der Waals surface area contributed by atoms with Crippen LogP contribution in [0.25, 0.3) is 0 Å². The van der Waals surface area contributed by atoms with Crippen molar-refractivity contribution >= 4 is 30.0 Å². The van der Waals surface area contributed by atoms with Gasteiger partial charge in [-0.05, 0) is 65.3 Å². The molecule has 47 heavy (non-hydrogen) atoms. The van der Waals surface area contributed by atoms with E-state index in [-0.39, 0.29) is 49.2 Å². The maximum atomic E-state index is 13.5. The largest absolute Gasteiger partial charge is 0.462 e. The Labute approximate surface area is 279 Å². The minimum atomic E-state index is -1.05. The molecule has 3 aliphatic rings. The Bertz CT molecular complexity index is 1160. The lowest BCUT2D eigenvalue weighted by Gasteiger charge is -2.45. The van der Waals surface area contributed by atoms with Crippen LogP contribution in [0.2, 0.25) is 0 Å². The molecular weight excluding hydrogens is 610 g/mol. The molecule has 13 atom stereocenters. The number of carbonyl (C=O) groups excluding carboxylic acids is 5. The van der Waals surface area contributed by atoms with Crippen molar-refractivity contribution in [2.75, 3.05) is 14.1 Å². The highest BCUT2D eigenvalue weighted by Gasteiger charge is 2.55. The van der Waals surface area contributed by atoms with Gasteiger partial charge in [0.1, 0.15) is 24.1 Å². The average molecular weight is 666 g/mol. The fourth-order valence-electron chi connectivity index (χ4n) is 7.15. The van der Waals surface area contributed by atoms with Crippen molar-refractivity contribution in [1.82, 2.24) is 4.90 Å². The minimum absolute atomic E-state index is 0.0174. The maximum Gasteiger partial charge on any atom is 0.309 e. The Kier molecular flexibility index (Phi) is 13.7. The van der Waals surface area contributed by atoms with E-state index in [0.29, 0.717) is 12.8 Å². The minimum Gasteiger partial charge on any atom is -0.462 e. The van der Waals surface area contributed by atoms with Crippen LogP contribution in [-0.4, -0.2) is 104 Å². The second-order valence-corrected chi connectivity index (χ2v) is 14.0. The van der Waals surface area contributed by atoms with Gasteiger partial charge in [0.2, 0.25) is 0 Å². The SMILES string of the molecule is CC[C@H]1OC(=O)C[C@@H](OC(C)=O)[C@H](C)[C@@H](O[C@@H]2O[C@@H](C)C[C@H](N(C)C)[C@H]2OC(C)=O)[C@@H](CC=O)C[C@@H](C)C(=O)/C=C/[C@]2(C)O[C@H]2[C@@H]1C. The molecule has 0 unspecified atom stereocenters. The first-order valence-electron chi connectivity index (χ1n) is 16.9. The van der Waals surface area contributed by atoms with E-state index in [1.165, 1.54) is 19.9 Å². The third-order valence-corrected chi connectivity index (χ3v) is 9.86. The predicted molar refractivity (Wildman–Crippen MR) is 171 cm³/mol. The van der Waals surface area contributed by atoms with E-state index in [0.717, 1.165) is 6.29 Å². The van der Waals surface area contributed by atoms with E-state index in [1.54, 1.807) is 19.9 Å². The average Bonchev–Trinajstić information content (AvgIpc) is 3.67. The van der Waals surface area contributed by atoms with Crippen LogP contribution < -0.4 is 0 Å². The first-order valence-corrected chi connectivity index (χ1v) is 16.9. The number of rotatable bonds is 8. The zero-order valence-electron chi connectivity index (χ0n) is 29.6. The summed E-state index contributed by atoms with van der Waals surface area (Å²) >= 11 is 0. The van der Waals surface area contributed by atoms with E-state index in [9.17, 15) is 24.0 Å². The number of epoxide rings is 1. The standard InChI is InChI=1S/C35H55NO11/c1-11-28-22(5)33-35(8,47-33)14-12-27(40)19(2)16-25(13-15-37)31(21(4)29(43-23(6)38)18-30(41)45-28)46-34-32(44-24(7)39)26(36(9)10)17-20(3)42-34/h12,14-15,19-22,25-26,28-29,31-34H,11,13,16-18H2,1-10H3/b14-12+/t19-,20+,21+,22-,25+,26+,28-,29-,31-,32-,33+,34+,35+/m1/s1. The number of ether oxygens (including phenoxy) is 6. The lowest BCUT2D eigenvalue weighted by Crippen LogP contribution is -2.57. The summed E-state index contributed by atoms with van der Waals surface area (Å²) in [7, 11) is 3.76. The number of nitrogens with zero attached hydrogens (tertiary/aromatic N) is 1. The molecule has 12 nitrogen and oxygen atoms in total. The van der Waals surface area contributed by atoms with Crippen LogP contribution in [0.1, 0.15) is 87.5 Å². The molecule has 0 N–H and O–H groups in total. The molecule has 0 radical (unpaired) electrons. The van der Waals surface area contributed by atoms with Crippen LogP contribution in [0.3, 0.4) is 0 Å². The monoisotopic (exact) mass is 665 g/mol. The normalized spacial score (nSPS) is 40.9. The lowest BCUT2D eigenvalue weighted by atomic mass is 9.79. The summed E-state index contributed by atoms with van der Waals surface area (Å²) in [6.45, 7) is 13.8. The molecule has 0 aromatic rings. The highest BCUT2D eigenvalue weighted by molar-refractivity contribution is 5.91. The quantitative estimate of drug-likeness (QED) is 0.161. The van der Waals surface area contributed by atoms with E-state index in [1.807, 2.05) is 46.7 Å². The van der Waals surface area contributed by atoms with E-state index < -0.39 is 72.0 Å². The molecule has 2 fully saturated rings. The van der Waals surface area contributed by atoms with Gasteiger partial charge in [0.15, 0.2) is 18.2 Å². The molecule has 0 saturated carbocycles. The van der Waals surface area contributed by atoms with E-state index >= 15 is 0 Å². The predicted octanol–water partition coefficient (Wildman–Crippen LogP) is 3.81. The number of aldehydes is 1. The number of carbonyl (C=O) groups is 5. The lowest BCUT2D eigenvalue weighted by molar-refractivity contribution is -0.286. The fourth-order valence-corrected chi connectivity index (χ4v) is 7.15. The Morgan fingerprint density at radius 3 is 2.26 bits per heavy atom. The van der Waals surface area contributed by atoms with Crippen molar-refractivity contribution in [2.45, 2.75) is 142 Å². The molecule has 0 aromatic carbocycles. The number of likely N-dealkylation sites (N-methyl/N-ethyl adjacent to an activating group) is 1. The molecule has 0 aromatic heterocycles.